The first-order valence-electron chi connectivity index (χ1n) is 6.12. The smallest absolute Gasteiger partial charge is 0.141 e. The monoisotopic (exact) mass is 383 g/mol. The molecule has 0 aliphatic carbocycles. The van der Waals surface area contributed by atoms with Crippen molar-refractivity contribution in [2.75, 3.05) is 6.54 Å². The molecule has 2 nitrogen and oxygen atoms in total. The molecule has 2 aromatic rings. The van der Waals surface area contributed by atoms with Crippen molar-refractivity contribution in [3.8, 4) is 11.5 Å². The lowest BCUT2D eigenvalue weighted by atomic mass is 10.2. The van der Waals surface area contributed by atoms with Crippen molar-refractivity contribution in [2.24, 2.45) is 0 Å². The Morgan fingerprint density at radius 1 is 1.05 bits per heavy atom. The largest absolute Gasteiger partial charge is 0.456 e. The van der Waals surface area contributed by atoms with E-state index in [0.29, 0.717) is 0 Å². The number of nitrogens with one attached hydrogen (secondary N) is 1. The maximum atomic E-state index is 5.98. The molecule has 4 heteroatoms. The zero-order chi connectivity index (χ0) is 13.7. The maximum Gasteiger partial charge on any atom is 0.141 e. The van der Waals surface area contributed by atoms with E-state index in [1.54, 1.807) is 0 Å². The molecule has 1 N–H and O–H groups in total. The molecule has 0 amide bonds. The van der Waals surface area contributed by atoms with Crippen molar-refractivity contribution in [3.05, 3.63) is 57.0 Å². The third-order valence-corrected chi connectivity index (χ3v) is 3.79. The van der Waals surface area contributed by atoms with Gasteiger partial charge in [0.1, 0.15) is 11.5 Å². The van der Waals surface area contributed by atoms with Crippen LogP contribution in [-0.4, -0.2) is 6.54 Å². The fraction of sp³-hybridized carbons (Fsp3) is 0.200. The van der Waals surface area contributed by atoms with Crippen molar-refractivity contribution in [1.82, 2.24) is 5.32 Å². The summed E-state index contributed by atoms with van der Waals surface area (Å²) in [5, 5.41) is 3.32. The van der Waals surface area contributed by atoms with Gasteiger partial charge in [-0.25, -0.2) is 0 Å². The molecule has 0 aromatic heterocycles. The summed E-state index contributed by atoms with van der Waals surface area (Å²) in [5.74, 6) is 1.69. The molecule has 100 valence electrons. The summed E-state index contributed by atoms with van der Waals surface area (Å²) in [6.45, 7) is 3.81. The molecule has 0 unspecified atom stereocenters. The summed E-state index contributed by atoms with van der Waals surface area (Å²) < 4.78 is 7.99. The lowest BCUT2D eigenvalue weighted by Gasteiger charge is -2.13. The molecule has 0 atom stereocenters. The normalized spacial score (nSPS) is 10.5. The molecular formula is C15H15Br2NO. The van der Waals surface area contributed by atoms with E-state index in [9.17, 15) is 0 Å². The molecule has 0 bridgehead atoms. The van der Waals surface area contributed by atoms with Gasteiger partial charge >= 0.3 is 0 Å². The first kappa shape index (κ1) is 14.6. The minimum Gasteiger partial charge on any atom is -0.456 e. The van der Waals surface area contributed by atoms with Crippen LogP contribution in [0.3, 0.4) is 0 Å². The molecule has 0 heterocycles. The van der Waals surface area contributed by atoms with Gasteiger partial charge in [0.25, 0.3) is 0 Å². The van der Waals surface area contributed by atoms with E-state index in [1.165, 1.54) is 0 Å². The van der Waals surface area contributed by atoms with Crippen LogP contribution in [-0.2, 0) is 6.54 Å². The highest BCUT2D eigenvalue weighted by molar-refractivity contribution is 9.10. The number of hydrogen-bond acceptors (Lipinski definition) is 2. The summed E-state index contributed by atoms with van der Waals surface area (Å²) in [6.07, 6.45) is 0. The number of rotatable bonds is 5. The predicted octanol–water partition coefficient (Wildman–Crippen LogP) is 5.11. The van der Waals surface area contributed by atoms with Gasteiger partial charge in [-0.1, -0.05) is 35.0 Å². The molecule has 2 rings (SSSR count). The van der Waals surface area contributed by atoms with Crippen LogP contribution in [0.15, 0.2) is 51.4 Å². The quantitative estimate of drug-likeness (QED) is 0.772. The number of benzene rings is 2. The van der Waals surface area contributed by atoms with Gasteiger partial charge in [-0.05, 0) is 52.8 Å². The molecule has 0 saturated heterocycles. The van der Waals surface area contributed by atoms with Gasteiger partial charge < -0.3 is 10.1 Å². The molecule has 0 saturated carbocycles. The minimum atomic E-state index is 0.787. The van der Waals surface area contributed by atoms with Crippen LogP contribution in [0.25, 0.3) is 0 Å². The van der Waals surface area contributed by atoms with E-state index in [-0.39, 0.29) is 0 Å². The average molecular weight is 385 g/mol. The highest BCUT2D eigenvalue weighted by Crippen LogP contribution is 2.32. The highest BCUT2D eigenvalue weighted by atomic mass is 79.9. The minimum absolute atomic E-state index is 0.787. The summed E-state index contributed by atoms with van der Waals surface area (Å²) in [5.41, 5.74) is 1.13. The van der Waals surface area contributed by atoms with Gasteiger partial charge in [-0.15, -0.1) is 0 Å². The van der Waals surface area contributed by atoms with Gasteiger partial charge in [0.2, 0.25) is 0 Å². The number of para-hydroxylation sites is 1. The Hall–Kier alpha value is -0.840. The lowest BCUT2D eigenvalue weighted by Crippen LogP contribution is -2.12. The van der Waals surface area contributed by atoms with Crippen molar-refractivity contribution >= 4 is 31.9 Å². The van der Waals surface area contributed by atoms with Gasteiger partial charge in [0.05, 0.1) is 4.47 Å². The van der Waals surface area contributed by atoms with Gasteiger partial charge in [0.15, 0.2) is 0 Å². The van der Waals surface area contributed by atoms with E-state index >= 15 is 0 Å². The topological polar surface area (TPSA) is 21.3 Å². The number of ether oxygens (including phenoxy) is 1. The SMILES string of the molecule is CCNCc1cc(Br)ccc1Oc1ccccc1Br. The predicted molar refractivity (Wildman–Crippen MR) is 85.7 cm³/mol. The first-order valence-corrected chi connectivity index (χ1v) is 7.71. The molecule has 0 aliphatic rings. The second kappa shape index (κ2) is 7.08. The second-order valence-corrected chi connectivity index (χ2v) is 5.83. The number of halogens is 2. The van der Waals surface area contributed by atoms with Crippen LogP contribution in [0.5, 0.6) is 11.5 Å². The summed E-state index contributed by atoms with van der Waals surface area (Å²) in [7, 11) is 0. The third-order valence-electron chi connectivity index (χ3n) is 2.64. The van der Waals surface area contributed by atoms with Crippen molar-refractivity contribution in [3.63, 3.8) is 0 Å². The molecule has 0 spiro atoms. The van der Waals surface area contributed by atoms with E-state index in [0.717, 1.165) is 39.1 Å². The van der Waals surface area contributed by atoms with Crippen LogP contribution in [0.1, 0.15) is 12.5 Å². The molecular weight excluding hydrogens is 370 g/mol. The standard InChI is InChI=1S/C15H15Br2NO/c1-2-18-10-11-9-12(16)7-8-14(11)19-15-6-4-3-5-13(15)17/h3-9,18H,2,10H2,1H3. The summed E-state index contributed by atoms with van der Waals surface area (Å²) in [4.78, 5) is 0. The Bertz CT molecular complexity index is 558. The Balaban J connectivity index is 2.26. The second-order valence-electron chi connectivity index (χ2n) is 4.06. The van der Waals surface area contributed by atoms with E-state index in [2.05, 4.69) is 50.2 Å². The lowest BCUT2D eigenvalue weighted by molar-refractivity contribution is 0.470. The number of hydrogen-bond donors (Lipinski definition) is 1. The van der Waals surface area contributed by atoms with E-state index in [4.69, 9.17) is 4.74 Å². The Morgan fingerprint density at radius 2 is 1.84 bits per heavy atom. The van der Waals surface area contributed by atoms with Crippen molar-refractivity contribution in [2.45, 2.75) is 13.5 Å². The summed E-state index contributed by atoms with van der Waals surface area (Å²) in [6, 6.07) is 13.9. The van der Waals surface area contributed by atoms with Crippen LogP contribution in [0.4, 0.5) is 0 Å². The van der Waals surface area contributed by atoms with Crippen LogP contribution in [0, 0.1) is 0 Å². The fourth-order valence-corrected chi connectivity index (χ4v) is 2.47. The molecule has 0 radical (unpaired) electrons. The molecule has 2 aromatic carbocycles. The zero-order valence-corrected chi connectivity index (χ0v) is 13.8. The Labute approximate surface area is 130 Å². The fourth-order valence-electron chi connectivity index (χ4n) is 1.69. The van der Waals surface area contributed by atoms with Crippen LogP contribution >= 0.6 is 31.9 Å². The molecule has 0 aliphatic heterocycles. The summed E-state index contributed by atoms with van der Waals surface area (Å²) >= 11 is 6.99. The first-order chi connectivity index (χ1) is 9.20. The Kier molecular flexibility index (Phi) is 5.43. The maximum absolute atomic E-state index is 5.98. The van der Waals surface area contributed by atoms with Gasteiger partial charge in [-0.2, -0.15) is 0 Å². The van der Waals surface area contributed by atoms with E-state index in [1.807, 2.05) is 36.4 Å². The Morgan fingerprint density at radius 3 is 2.58 bits per heavy atom. The molecule has 0 fully saturated rings. The third kappa shape index (κ3) is 4.06. The van der Waals surface area contributed by atoms with Crippen molar-refractivity contribution < 1.29 is 4.74 Å². The van der Waals surface area contributed by atoms with Gasteiger partial charge in [-0.3, -0.25) is 0 Å². The van der Waals surface area contributed by atoms with E-state index < -0.39 is 0 Å². The highest BCUT2D eigenvalue weighted by Gasteiger charge is 2.07. The zero-order valence-electron chi connectivity index (χ0n) is 10.6. The van der Waals surface area contributed by atoms with Crippen LogP contribution in [0.2, 0.25) is 0 Å². The van der Waals surface area contributed by atoms with Crippen LogP contribution < -0.4 is 10.1 Å². The van der Waals surface area contributed by atoms with Crippen molar-refractivity contribution in [1.29, 1.82) is 0 Å². The average Bonchev–Trinajstić information content (AvgIpc) is 2.41. The molecule has 19 heavy (non-hydrogen) atoms. The van der Waals surface area contributed by atoms with Gasteiger partial charge in [0, 0.05) is 16.6 Å².